The molecule has 4 nitrogen and oxygen atoms in total. The number of aromatic carboxylic acids is 1. The fourth-order valence-electron chi connectivity index (χ4n) is 2.91. The zero-order valence-corrected chi connectivity index (χ0v) is 17.4. The van der Waals surface area contributed by atoms with Crippen molar-refractivity contribution in [3.8, 4) is 5.75 Å². The molecule has 0 aromatic heterocycles. The largest absolute Gasteiger partial charge is 0.489 e. The summed E-state index contributed by atoms with van der Waals surface area (Å²) in [5.41, 5.74) is 3.34. The van der Waals surface area contributed by atoms with E-state index in [9.17, 15) is 4.79 Å². The number of hydrogen-bond acceptors (Lipinski definition) is 3. The number of carboxylic acid groups (broad SMARTS) is 1. The first-order valence-electron chi connectivity index (χ1n) is 9.14. The van der Waals surface area contributed by atoms with E-state index in [1.54, 1.807) is 24.3 Å². The normalized spacial score (nSPS) is 11.8. The Morgan fingerprint density at radius 1 is 1.00 bits per heavy atom. The van der Waals surface area contributed by atoms with E-state index in [4.69, 9.17) is 33.0 Å². The second kappa shape index (κ2) is 9.79. The van der Waals surface area contributed by atoms with E-state index in [1.807, 2.05) is 49.4 Å². The monoisotopic (exact) mass is 429 g/mol. The summed E-state index contributed by atoms with van der Waals surface area (Å²) >= 11 is 12.2. The highest BCUT2D eigenvalue weighted by atomic mass is 35.5. The zero-order valence-electron chi connectivity index (χ0n) is 15.9. The summed E-state index contributed by atoms with van der Waals surface area (Å²) in [7, 11) is 0. The maximum Gasteiger partial charge on any atom is 0.335 e. The van der Waals surface area contributed by atoms with Crippen molar-refractivity contribution in [2.75, 3.05) is 0 Å². The van der Waals surface area contributed by atoms with Crippen LogP contribution in [-0.2, 0) is 13.2 Å². The lowest BCUT2D eigenvalue weighted by Gasteiger charge is -2.17. The van der Waals surface area contributed by atoms with E-state index in [1.165, 1.54) is 0 Å². The zero-order chi connectivity index (χ0) is 20.8. The van der Waals surface area contributed by atoms with Crippen LogP contribution >= 0.6 is 23.2 Å². The lowest BCUT2D eigenvalue weighted by atomic mass is 10.0. The summed E-state index contributed by atoms with van der Waals surface area (Å²) < 4.78 is 5.87. The van der Waals surface area contributed by atoms with E-state index in [2.05, 4.69) is 5.32 Å². The predicted molar refractivity (Wildman–Crippen MR) is 116 cm³/mol. The highest BCUT2D eigenvalue weighted by Crippen LogP contribution is 2.22. The Hall–Kier alpha value is -2.53. The first-order valence-corrected chi connectivity index (χ1v) is 9.90. The van der Waals surface area contributed by atoms with Gasteiger partial charge >= 0.3 is 5.97 Å². The fourth-order valence-corrected chi connectivity index (χ4v) is 3.29. The van der Waals surface area contributed by atoms with Crippen LogP contribution in [0.25, 0.3) is 0 Å². The van der Waals surface area contributed by atoms with Gasteiger partial charge in [-0.2, -0.15) is 0 Å². The Balaban J connectivity index is 1.66. The third-order valence-electron chi connectivity index (χ3n) is 4.62. The van der Waals surface area contributed by atoms with Crippen molar-refractivity contribution in [3.63, 3.8) is 0 Å². The molecule has 0 aliphatic heterocycles. The van der Waals surface area contributed by atoms with Crippen LogP contribution in [-0.4, -0.2) is 11.1 Å². The van der Waals surface area contributed by atoms with Gasteiger partial charge in [0.1, 0.15) is 12.4 Å². The highest BCUT2D eigenvalue weighted by Gasteiger charge is 2.10. The van der Waals surface area contributed by atoms with Gasteiger partial charge < -0.3 is 15.2 Å². The van der Waals surface area contributed by atoms with Gasteiger partial charge in [-0.15, -0.1) is 0 Å². The number of rotatable bonds is 8. The third kappa shape index (κ3) is 5.97. The molecule has 3 aromatic rings. The number of carboxylic acids is 1. The van der Waals surface area contributed by atoms with Crippen molar-refractivity contribution in [3.05, 3.63) is 99.0 Å². The number of nitrogens with one attached hydrogen (secondary N) is 1. The molecule has 3 aromatic carbocycles. The van der Waals surface area contributed by atoms with Gasteiger partial charge in [0.2, 0.25) is 0 Å². The molecule has 0 heterocycles. The second-order valence-corrected chi connectivity index (χ2v) is 7.56. The van der Waals surface area contributed by atoms with Crippen molar-refractivity contribution in [2.45, 2.75) is 26.1 Å². The Labute approximate surface area is 180 Å². The Bertz CT molecular complexity index is 990. The summed E-state index contributed by atoms with van der Waals surface area (Å²) in [4.78, 5) is 11.0. The summed E-state index contributed by atoms with van der Waals surface area (Å²) in [6, 6.07) is 19.9. The number of hydrogen-bond donors (Lipinski definition) is 2. The van der Waals surface area contributed by atoms with Crippen molar-refractivity contribution >= 4 is 29.2 Å². The average Bonchev–Trinajstić information content (AvgIpc) is 2.71. The first kappa shape index (κ1) is 21.2. The number of benzene rings is 3. The van der Waals surface area contributed by atoms with Crippen LogP contribution in [0.5, 0.6) is 5.75 Å². The van der Waals surface area contributed by atoms with Crippen LogP contribution < -0.4 is 10.1 Å². The molecule has 1 unspecified atom stereocenters. The molecule has 0 fully saturated rings. The Morgan fingerprint density at radius 2 is 1.72 bits per heavy atom. The van der Waals surface area contributed by atoms with Gasteiger partial charge in [-0.3, -0.25) is 0 Å². The SMILES string of the molecule is CC(NCc1cc(Cl)ccc1COc1cccc(Cl)c1)c1ccc(C(=O)O)cc1. The maximum atomic E-state index is 11.0. The van der Waals surface area contributed by atoms with Crippen LogP contribution in [0.2, 0.25) is 10.0 Å². The summed E-state index contributed by atoms with van der Waals surface area (Å²) in [5.74, 6) is -0.223. The molecule has 0 spiro atoms. The first-order chi connectivity index (χ1) is 13.9. The van der Waals surface area contributed by atoms with Gasteiger partial charge in [-0.25, -0.2) is 4.79 Å². The molecule has 2 N–H and O–H groups in total. The molecule has 0 saturated heterocycles. The van der Waals surface area contributed by atoms with E-state index in [0.29, 0.717) is 28.9 Å². The Kier molecular flexibility index (Phi) is 7.15. The van der Waals surface area contributed by atoms with Gasteiger partial charge in [-0.05, 0) is 66.1 Å². The Morgan fingerprint density at radius 3 is 2.41 bits per heavy atom. The molecule has 0 aliphatic rings. The van der Waals surface area contributed by atoms with Crippen LogP contribution in [0.15, 0.2) is 66.7 Å². The van der Waals surface area contributed by atoms with E-state index >= 15 is 0 Å². The van der Waals surface area contributed by atoms with Crippen molar-refractivity contribution < 1.29 is 14.6 Å². The van der Waals surface area contributed by atoms with Crippen LogP contribution in [0, 0.1) is 0 Å². The lowest BCUT2D eigenvalue weighted by Crippen LogP contribution is -2.19. The summed E-state index contributed by atoms with van der Waals surface area (Å²) in [6.07, 6.45) is 0. The minimum atomic E-state index is -0.930. The van der Waals surface area contributed by atoms with Gasteiger partial charge in [0, 0.05) is 22.6 Å². The molecule has 0 bridgehead atoms. The van der Waals surface area contributed by atoms with Gasteiger partial charge in [0.05, 0.1) is 5.56 Å². The van der Waals surface area contributed by atoms with E-state index < -0.39 is 5.97 Å². The molecule has 6 heteroatoms. The van der Waals surface area contributed by atoms with Crippen LogP contribution in [0.1, 0.15) is 40.0 Å². The highest BCUT2D eigenvalue weighted by molar-refractivity contribution is 6.31. The molecule has 29 heavy (non-hydrogen) atoms. The fraction of sp³-hybridized carbons (Fsp3) is 0.174. The van der Waals surface area contributed by atoms with Crippen molar-refractivity contribution in [1.82, 2.24) is 5.32 Å². The van der Waals surface area contributed by atoms with Crippen molar-refractivity contribution in [2.24, 2.45) is 0 Å². The molecular weight excluding hydrogens is 409 g/mol. The number of halogens is 2. The van der Waals surface area contributed by atoms with Gasteiger partial charge in [0.15, 0.2) is 0 Å². The molecule has 0 aliphatic carbocycles. The van der Waals surface area contributed by atoms with Crippen LogP contribution in [0.3, 0.4) is 0 Å². The summed E-state index contributed by atoms with van der Waals surface area (Å²) in [5, 5.41) is 13.8. The van der Waals surface area contributed by atoms with E-state index in [0.717, 1.165) is 16.7 Å². The van der Waals surface area contributed by atoms with Crippen LogP contribution in [0.4, 0.5) is 0 Å². The second-order valence-electron chi connectivity index (χ2n) is 6.69. The minimum absolute atomic E-state index is 0.0403. The molecule has 3 rings (SSSR count). The third-order valence-corrected chi connectivity index (χ3v) is 5.09. The summed E-state index contributed by atoms with van der Waals surface area (Å²) in [6.45, 7) is 3.02. The molecular formula is C23H21Cl2NO3. The molecule has 0 radical (unpaired) electrons. The average molecular weight is 430 g/mol. The minimum Gasteiger partial charge on any atom is -0.489 e. The quantitative estimate of drug-likeness (QED) is 0.452. The van der Waals surface area contributed by atoms with Crippen molar-refractivity contribution in [1.29, 1.82) is 0 Å². The van der Waals surface area contributed by atoms with E-state index in [-0.39, 0.29) is 11.6 Å². The molecule has 1 atom stereocenters. The molecule has 0 saturated carbocycles. The number of carbonyl (C=O) groups is 1. The number of ether oxygens (including phenoxy) is 1. The molecule has 0 amide bonds. The molecule has 150 valence electrons. The predicted octanol–water partition coefficient (Wildman–Crippen LogP) is 6.12. The standard InChI is InChI=1S/C23H21Cl2NO3/c1-15(16-5-7-17(8-6-16)23(27)28)26-13-19-11-21(25)10-9-18(19)14-29-22-4-2-3-20(24)12-22/h2-12,15,26H,13-14H2,1H3,(H,27,28). The maximum absolute atomic E-state index is 11.0. The van der Waals surface area contributed by atoms with Gasteiger partial charge in [0.25, 0.3) is 0 Å². The topological polar surface area (TPSA) is 58.6 Å². The smallest absolute Gasteiger partial charge is 0.335 e. The van der Waals surface area contributed by atoms with Gasteiger partial charge in [-0.1, -0.05) is 47.5 Å². The lowest BCUT2D eigenvalue weighted by molar-refractivity contribution is 0.0697.